The third-order valence-corrected chi connectivity index (χ3v) is 6.37. The van der Waals surface area contributed by atoms with E-state index in [0.29, 0.717) is 34.6 Å². The van der Waals surface area contributed by atoms with Crippen molar-refractivity contribution in [1.82, 2.24) is 15.2 Å². The van der Waals surface area contributed by atoms with Crippen LogP contribution >= 0.6 is 11.6 Å². The molecule has 8 heteroatoms. The number of amides is 2. The summed E-state index contributed by atoms with van der Waals surface area (Å²) in [6.45, 7) is 13.3. The molecule has 1 aliphatic heterocycles. The Morgan fingerprint density at radius 1 is 1.17 bits per heavy atom. The molecule has 0 saturated carbocycles. The van der Waals surface area contributed by atoms with E-state index in [4.69, 9.17) is 11.6 Å². The van der Waals surface area contributed by atoms with Crippen molar-refractivity contribution in [3.63, 3.8) is 0 Å². The standard InChI is InChI=1S/C22H27FN4O2.C5H11Cl/c1-5-27(6-2)10-9-24-22(29)20-13(3)19(25-14(20)4)12-17-16-11-15(23)7-8-18(16)26-21(17)28;1-2-3-4-5-6/h7-8,11-12,25H,5-6,9-10H2,1-4H3,(H,24,29)(H,26,28);2-5H2,1H3. The van der Waals surface area contributed by atoms with Crippen LogP contribution in [0, 0.1) is 19.7 Å². The Morgan fingerprint density at radius 3 is 2.49 bits per heavy atom. The third kappa shape index (κ3) is 7.67. The number of hydrogen-bond donors (Lipinski definition) is 3. The van der Waals surface area contributed by atoms with Crippen LogP contribution in [0.1, 0.15) is 72.9 Å². The van der Waals surface area contributed by atoms with E-state index in [1.54, 1.807) is 12.1 Å². The highest BCUT2D eigenvalue weighted by Crippen LogP contribution is 2.34. The van der Waals surface area contributed by atoms with Gasteiger partial charge in [0.1, 0.15) is 5.82 Å². The molecule has 6 nitrogen and oxygen atoms in total. The number of carbonyl (C=O) groups is 2. The number of hydrogen-bond acceptors (Lipinski definition) is 3. The van der Waals surface area contributed by atoms with E-state index in [2.05, 4.69) is 41.3 Å². The van der Waals surface area contributed by atoms with Gasteiger partial charge in [-0.05, 0) is 63.2 Å². The van der Waals surface area contributed by atoms with E-state index in [-0.39, 0.29) is 11.8 Å². The molecule has 0 unspecified atom stereocenters. The predicted molar refractivity (Wildman–Crippen MR) is 144 cm³/mol. The first-order chi connectivity index (χ1) is 16.8. The van der Waals surface area contributed by atoms with Gasteiger partial charge in [0.25, 0.3) is 11.8 Å². The number of aromatic nitrogens is 1. The maximum atomic E-state index is 13.7. The molecule has 2 aromatic rings. The molecule has 3 rings (SSSR count). The lowest BCUT2D eigenvalue weighted by Crippen LogP contribution is -2.35. The van der Waals surface area contributed by atoms with Crippen molar-refractivity contribution < 1.29 is 14.0 Å². The fourth-order valence-corrected chi connectivity index (χ4v) is 4.20. The highest BCUT2D eigenvalue weighted by Gasteiger charge is 2.26. The van der Waals surface area contributed by atoms with Crippen LogP contribution in [0.15, 0.2) is 18.2 Å². The lowest BCUT2D eigenvalue weighted by Gasteiger charge is -2.18. The number of benzene rings is 1. The minimum Gasteiger partial charge on any atom is -0.358 e. The normalized spacial score (nSPS) is 13.5. The number of nitrogens with one attached hydrogen (secondary N) is 3. The van der Waals surface area contributed by atoms with Gasteiger partial charge >= 0.3 is 0 Å². The first-order valence-electron chi connectivity index (χ1n) is 12.4. The average Bonchev–Trinajstić information content (AvgIpc) is 3.30. The van der Waals surface area contributed by atoms with E-state index in [0.717, 1.165) is 36.8 Å². The smallest absolute Gasteiger partial charge is 0.256 e. The van der Waals surface area contributed by atoms with E-state index in [1.165, 1.54) is 31.4 Å². The van der Waals surface area contributed by atoms with Crippen molar-refractivity contribution in [3.8, 4) is 0 Å². The van der Waals surface area contributed by atoms with E-state index in [9.17, 15) is 14.0 Å². The topological polar surface area (TPSA) is 77.2 Å². The first kappa shape index (κ1) is 28.6. The summed E-state index contributed by atoms with van der Waals surface area (Å²) in [5, 5.41) is 5.70. The van der Waals surface area contributed by atoms with Crippen LogP contribution in [0.2, 0.25) is 0 Å². The molecule has 2 amide bonds. The van der Waals surface area contributed by atoms with Crippen molar-refractivity contribution in [2.45, 2.75) is 53.9 Å². The number of aryl methyl sites for hydroxylation is 1. The van der Waals surface area contributed by atoms with Crippen LogP contribution in [0.4, 0.5) is 10.1 Å². The maximum Gasteiger partial charge on any atom is 0.256 e. The summed E-state index contributed by atoms with van der Waals surface area (Å²) < 4.78 is 13.7. The Bertz CT molecular complexity index is 1040. The number of carbonyl (C=O) groups excluding carboxylic acids is 2. The van der Waals surface area contributed by atoms with Gasteiger partial charge in [0.2, 0.25) is 0 Å². The SMILES string of the molecule is CCCCCCl.CCN(CC)CCNC(=O)c1c(C)[nH]c(C=C2C(=O)Nc3ccc(F)cc32)c1C. The number of unbranched alkanes of at least 4 members (excludes halogenated alkanes) is 2. The molecule has 0 saturated heterocycles. The average molecular weight is 505 g/mol. The zero-order chi connectivity index (χ0) is 26.0. The van der Waals surface area contributed by atoms with Gasteiger partial charge in [0.15, 0.2) is 0 Å². The Balaban J connectivity index is 0.000000641. The number of aromatic amines is 1. The van der Waals surface area contributed by atoms with Crippen LogP contribution < -0.4 is 10.6 Å². The lowest BCUT2D eigenvalue weighted by atomic mass is 10.0. The molecule has 1 aliphatic rings. The molecule has 0 spiro atoms. The number of rotatable bonds is 10. The maximum absolute atomic E-state index is 13.7. The van der Waals surface area contributed by atoms with Gasteiger partial charge < -0.3 is 20.5 Å². The number of likely N-dealkylation sites (N-methyl/N-ethyl adjacent to an activating group) is 1. The molecule has 0 fully saturated rings. The summed E-state index contributed by atoms with van der Waals surface area (Å²) in [5.74, 6) is -0.00920. The molecule has 2 heterocycles. The zero-order valence-corrected chi connectivity index (χ0v) is 22.2. The predicted octanol–water partition coefficient (Wildman–Crippen LogP) is 5.75. The fourth-order valence-electron chi connectivity index (χ4n) is 4.01. The summed E-state index contributed by atoms with van der Waals surface area (Å²) in [6, 6.07) is 4.20. The molecule has 192 valence electrons. The largest absolute Gasteiger partial charge is 0.358 e. The molecule has 0 bridgehead atoms. The second-order valence-corrected chi connectivity index (χ2v) is 8.92. The summed E-state index contributed by atoms with van der Waals surface area (Å²) in [4.78, 5) is 30.5. The van der Waals surface area contributed by atoms with Crippen molar-refractivity contribution in [3.05, 3.63) is 52.1 Å². The number of halogens is 2. The third-order valence-electron chi connectivity index (χ3n) is 6.10. The molecular formula is C27H38ClFN4O2. The minimum absolute atomic E-state index is 0.143. The van der Waals surface area contributed by atoms with E-state index in [1.807, 2.05) is 13.8 Å². The Hall–Kier alpha value is -2.64. The van der Waals surface area contributed by atoms with E-state index < -0.39 is 5.82 Å². The monoisotopic (exact) mass is 504 g/mol. The number of H-pyrrole nitrogens is 1. The van der Waals surface area contributed by atoms with Gasteiger partial charge in [-0.15, -0.1) is 11.6 Å². The van der Waals surface area contributed by atoms with Crippen molar-refractivity contribution in [2.75, 3.05) is 37.4 Å². The Kier molecular flexibility index (Phi) is 11.5. The summed E-state index contributed by atoms with van der Waals surface area (Å²) in [6.07, 6.45) is 5.41. The fraction of sp³-hybridized carbons (Fsp3) is 0.481. The second kappa shape index (κ2) is 14.0. The molecular weight excluding hydrogens is 467 g/mol. The highest BCUT2D eigenvalue weighted by molar-refractivity contribution is 6.34. The van der Waals surface area contributed by atoms with Crippen molar-refractivity contribution in [2.24, 2.45) is 0 Å². The first-order valence-corrected chi connectivity index (χ1v) is 12.9. The summed E-state index contributed by atoms with van der Waals surface area (Å²) >= 11 is 5.38. The van der Waals surface area contributed by atoms with Crippen molar-refractivity contribution >= 4 is 40.8 Å². The van der Waals surface area contributed by atoms with Crippen molar-refractivity contribution in [1.29, 1.82) is 0 Å². The van der Waals surface area contributed by atoms with E-state index >= 15 is 0 Å². The molecule has 1 aromatic carbocycles. The lowest BCUT2D eigenvalue weighted by molar-refractivity contribution is -0.110. The number of anilines is 1. The number of fused-ring (bicyclic) bond motifs is 1. The number of alkyl halides is 1. The van der Waals surface area contributed by atoms with Crippen LogP contribution in [-0.4, -0.2) is 53.8 Å². The molecule has 0 radical (unpaired) electrons. The van der Waals surface area contributed by atoms with Gasteiger partial charge in [0, 0.05) is 41.6 Å². The van der Waals surface area contributed by atoms with Crippen LogP contribution in [-0.2, 0) is 4.79 Å². The van der Waals surface area contributed by atoms with Crippen LogP contribution in [0.5, 0.6) is 0 Å². The summed E-state index contributed by atoms with van der Waals surface area (Å²) in [5.41, 5.74) is 4.20. The highest BCUT2D eigenvalue weighted by atomic mass is 35.5. The Labute approximate surface area is 213 Å². The van der Waals surface area contributed by atoms with Crippen LogP contribution in [0.25, 0.3) is 11.6 Å². The second-order valence-electron chi connectivity index (χ2n) is 8.54. The molecule has 35 heavy (non-hydrogen) atoms. The van der Waals surface area contributed by atoms with Gasteiger partial charge in [-0.3, -0.25) is 9.59 Å². The van der Waals surface area contributed by atoms with Crippen LogP contribution in [0.3, 0.4) is 0 Å². The Morgan fingerprint density at radius 2 is 1.89 bits per heavy atom. The minimum atomic E-state index is -0.404. The zero-order valence-electron chi connectivity index (χ0n) is 21.5. The molecule has 0 atom stereocenters. The van der Waals surface area contributed by atoms with Gasteiger partial charge in [-0.1, -0.05) is 33.6 Å². The van der Waals surface area contributed by atoms with Gasteiger partial charge in [0.05, 0.1) is 11.1 Å². The number of nitrogens with zero attached hydrogens (tertiary/aromatic N) is 1. The quantitative estimate of drug-likeness (QED) is 0.219. The van der Waals surface area contributed by atoms with Gasteiger partial charge in [-0.25, -0.2) is 4.39 Å². The molecule has 1 aromatic heterocycles. The van der Waals surface area contributed by atoms with Gasteiger partial charge in [-0.2, -0.15) is 0 Å². The summed E-state index contributed by atoms with van der Waals surface area (Å²) in [7, 11) is 0. The molecule has 0 aliphatic carbocycles. The molecule has 3 N–H and O–H groups in total.